The minimum absolute atomic E-state index is 0.0200. The van der Waals surface area contributed by atoms with E-state index in [1.54, 1.807) is 12.3 Å². The van der Waals surface area contributed by atoms with Gasteiger partial charge in [-0.2, -0.15) is 0 Å². The summed E-state index contributed by atoms with van der Waals surface area (Å²) in [6.45, 7) is 3.55. The van der Waals surface area contributed by atoms with Crippen LogP contribution in [0.4, 0.5) is 5.69 Å². The molecule has 1 amide bonds. The molecule has 1 heterocycles. The van der Waals surface area contributed by atoms with Gasteiger partial charge in [0.1, 0.15) is 6.54 Å². The summed E-state index contributed by atoms with van der Waals surface area (Å²) in [6.07, 6.45) is 1.60. The highest BCUT2D eigenvalue weighted by Crippen LogP contribution is 2.15. The molecule has 0 radical (unpaired) electrons. The van der Waals surface area contributed by atoms with Gasteiger partial charge >= 0.3 is 0 Å². The first-order valence-electron chi connectivity index (χ1n) is 7.04. The molecule has 2 aromatic rings. The van der Waals surface area contributed by atoms with Gasteiger partial charge in [-0.25, -0.2) is 0 Å². The normalized spacial score (nSPS) is 10.5. The Hall–Kier alpha value is -1.92. The fourth-order valence-corrected chi connectivity index (χ4v) is 2.41. The summed E-state index contributed by atoms with van der Waals surface area (Å²) in [7, 11) is 0. The number of hydrogen-bond acceptors (Lipinski definition) is 3. The fourth-order valence-electron chi connectivity index (χ4n) is 2.03. The van der Waals surface area contributed by atoms with Crippen molar-refractivity contribution in [2.45, 2.75) is 20.0 Å². The second kappa shape index (κ2) is 7.91. The Morgan fingerprint density at radius 2 is 2.00 bits per heavy atom. The Balaban J connectivity index is 2.09. The number of para-hydroxylation sites is 1. The Bertz CT molecular complexity index is 713. The van der Waals surface area contributed by atoms with E-state index in [-0.39, 0.29) is 18.0 Å². The largest absolute Gasteiger partial charge is 0.324 e. The van der Waals surface area contributed by atoms with E-state index in [1.165, 1.54) is 10.6 Å². The predicted molar refractivity (Wildman–Crippen MR) is 90.9 cm³/mol. The van der Waals surface area contributed by atoms with Crippen molar-refractivity contribution in [1.29, 1.82) is 0 Å². The molecule has 6 heteroatoms. The number of pyridine rings is 1. The third-order valence-corrected chi connectivity index (χ3v) is 3.59. The van der Waals surface area contributed by atoms with Crippen molar-refractivity contribution in [3.63, 3.8) is 0 Å². The molecule has 0 spiro atoms. The number of carbonyl (C=O) groups is 1. The zero-order valence-corrected chi connectivity index (χ0v) is 13.9. The summed E-state index contributed by atoms with van der Waals surface area (Å²) < 4.78 is 2.12. The van der Waals surface area contributed by atoms with Crippen LogP contribution in [0.15, 0.2) is 51.9 Å². The molecule has 0 fully saturated rings. The lowest BCUT2D eigenvalue weighted by molar-refractivity contribution is -0.116. The van der Waals surface area contributed by atoms with E-state index in [2.05, 4.69) is 26.6 Å². The minimum Gasteiger partial charge on any atom is -0.324 e. The second-order valence-corrected chi connectivity index (χ2v) is 5.71. The van der Waals surface area contributed by atoms with Crippen LogP contribution in [0.25, 0.3) is 0 Å². The van der Waals surface area contributed by atoms with Gasteiger partial charge in [0.05, 0.1) is 0 Å². The van der Waals surface area contributed by atoms with Crippen LogP contribution in [0.2, 0.25) is 0 Å². The summed E-state index contributed by atoms with van der Waals surface area (Å²) >= 11 is 3.29. The van der Waals surface area contributed by atoms with E-state index in [4.69, 9.17) is 0 Å². The second-order valence-electron chi connectivity index (χ2n) is 4.80. The molecule has 0 aliphatic carbocycles. The van der Waals surface area contributed by atoms with Crippen LogP contribution in [0.1, 0.15) is 12.5 Å². The summed E-state index contributed by atoms with van der Waals surface area (Å²) in [5, 5.41) is 6.09. The molecule has 0 saturated heterocycles. The van der Waals surface area contributed by atoms with Crippen molar-refractivity contribution in [2.24, 2.45) is 0 Å². The van der Waals surface area contributed by atoms with E-state index in [1.807, 2.05) is 31.2 Å². The van der Waals surface area contributed by atoms with Crippen molar-refractivity contribution in [1.82, 2.24) is 9.88 Å². The molecule has 0 saturated carbocycles. The van der Waals surface area contributed by atoms with Crippen LogP contribution in [0.3, 0.4) is 0 Å². The molecular formula is C16H18BrN3O2. The number of hydrogen-bond donors (Lipinski definition) is 2. The number of halogens is 1. The number of nitrogens with zero attached hydrogens (tertiary/aromatic N) is 1. The van der Waals surface area contributed by atoms with E-state index in [0.29, 0.717) is 6.54 Å². The van der Waals surface area contributed by atoms with E-state index < -0.39 is 0 Å². The van der Waals surface area contributed by atoms with Crippen molar-refractivity contribution in [3.8, 4) is 0 Å². The van der Waals surface area contributed by atoms with Crippen LogP contribution in [-0.2, 0) is 17.9 Å². The lowest BCUT2D eigenvalue weighted by Gasteiger charge is -2.12. The highest BCUT2D eigenvalue weighted by molar-refractivity contribution is 9.10. The molecule has 0 bridgehead atoms. The van der Waals surface area contributed by atoms with Crippen molar-refractivity contribution < 1.29 is 4.79 Å². The fraction of sp³-hybridized carbons (Fsp3) is 0.250. The van der Waals surface area contributed by atoms with Crippen molar-refractivity contribution in [3.05, 3.63) is 63.0 Å². The smallest absolute Gasteiger partial charge is 0.251 e. The number of aromatic nitrogens is 1. The molecule has 116 valence electrons. The third kappa shape index (κ3) is 4.54. The first kappa shape index (κ1) is 16.5. The monoisotopic (exact) mass is 363 g/mol. The lowest BCUT2D eigenvalue weighted by atomic mass is 10.1. The predicted octanol–water partition coefficient (Wildman–Crippen LogP) is 2.36. The summed E-state index contributed by atoms with van der Waals surface area (Å²) in [5.74, 6) is -0.232. The molecule has 5 nitrogen and oxygen atoms in total. The van der Waals surface area contributed by atoms with Crippen molar-refractivity contribution >= 4 is 27.5 Å². The zero-order valence-electron chi connectivity index (χ0n) is 12.3. The van der Waals surface area contributed by atoms with Gasteiger partial charge in [-0.05, 0) is 40.2 Å². The van der Waals surface area contributed by atoms with E-state index in [0.717, 1.165) is 22.3 Å². The molecule has 22 heavy (non-hydrogen) atoms. The average molecular weight is 364 g/mol. The molecule has 0 unspecified atom stereocenters. The maximum absolute atomic E-state index is 12.2. The van der Waals surface area contributed by atoms with Gasteiger partial charge in [-0.3, -0.25) is 9.59 Å². The number of anilines is 1. The summed E-state index contributed by atoms with van der Waals surface area (Å²) in [5.41, 5.74) is 1.56. The molecule has 1 aromatic carbocycles. The number of nitrogens with one attached hydrogen (secondary N) is 2. The van der Waals surface area contributed by atoms with Crippen LogP contribution in [0.5, 0.6) is 0 Å². The SMILES string of the molecule is CCNCc1ccccc1NC(=O)Cn1cc(Br)ccc1=O. The first-order valence-corrected chi connectivity index (χ1v) is 7.84. The Labute approximate surface area is 137 Å². The van der Waals surface area contributed by atoms with Crippen LogP contribution in [0, 0.1) is 0 Å². The summed E-state index contributed by atoms with van der Waals surface area (Å²) in [4.78, 5) is 23.9. The maximum atomic E-state index is 12.2. The molecule has 0 aliphatic rings. The first-order chi connectivity index (χ1) is 10.6. The third-order valence-electron chi connectivity index (χ3n) is 3.12. The van der Waals surface area contributed by atoms with Gasteiger partial charge in [0.25, 0.3) is 5.56 Å². The number of benzene rings is 1. The Kier molecular flexibility index (Phi) is 5.91. The minimum atomic E-state index is -0.232. The van der Waals surface area contributed by atoms with E-state index in [9.17, 15) is 9.59 Å². The molecular weight excluding hydrogens is 346 g/mol. The van der Waals surface area contributed by atoms with E-state index >= 15 is 0 Å². The number of amides is 1. The van der Waals surface area contributed by atoms with Crippen LogP contribution >= 0.6 is 15.9 Å². The maximum Gasteiger partial charge on any atom is 0.251 e. The standard InChI is InChI=1S/C16H18BrN3O2/c1-2-18-9-12-5-3-4-6-14(12)19-15(21)11-20-10-13(17)7-8-16(20)22/h3-8,10,18H,2,9,11H2,1H3,(H,19,21). The van der Waals surface area contributed by atoms with Gasteiger partial charge in [0, 0.05) is 29.0 Å². The van der Waals surface area contributed by atoms with Crippen LogP contribution in [-0.4, -0.2) is 17.0 Å². The van der Waals surface area contributed by atoms with Gasteiger partial charge in [0.2, 0.25) is 5.91 Å². The molecule has 2 N–H and O–H groups in total. The van der Waals surface area contributed by atoms with Gasteiger partial charge in [0.15, 0.2) is 0 Å². The Morgan fingerprint density at radius 3 is 2.77 bits per heavy atom. The van der Waals surface area contributed by atoms with Gasteiger partial charge in [-0.1, -0.05) is 25.1 Å². The van der Waals surface area contributed by atoms with Gasteiger partial charge in [-0.15, -0.1) is 0 Å². The summed E-state index contributed by atoms with van der Waals surface area (Å²) in [6, 6.07) is 10.7. The highest BCUT2D eigenvalue weighted by Gasteiger charge is 2.08. The lowest BCUT2D eigenvalue weighted by Crippen LogP contribution is -2.27. The molecule has 2 rings (SSSR count). The van der Waals surface area contributed by atoms with Crippen molar-refractivity contribution in [2.75, 3.05) is 11.9 Å². The molecule has 0 aliphatic heterocycles. The Morgan fingerprint density at radius 1 is 1.23 bits per heavy atom. The number of carbonyl (C=O) groups excluding carboxylic acids is 1. The topological polar surface area (TPSA) is 63.1 Å². The average Bonchev–Trinajstić information content (AvgIpc) is 2.50. The zero-order chi connectivity index (χ0) is 15.9. The highest BCUT2D eigenvalue weighted by atomic mass is 79.9. The van der Waals surface area contributed by atoms with Crippen LogP contribution < -0.4 is 16.2 Å². The molecule has 1 aromatic heterocycles. The molecule has 0 atom stereocenters. The quantitative estimate of drug-likeness (QED) is 0.827. The van der Waals surface area contributed by atoms with Gasteiger partial charge < -0.3 is 15.2 Å². The number of rotatable bonds is 6.